The van der Waals surface area contributed by atoms with Crippen molar-refractivity contribution in [2.45, 2.75) is 68.1 Å². The smallest absolute Gasteiger partial charge is 0.197 e. The number of hydrogen-bond acceptors (Lipinski definition) is 14. The molecule has 14 nitrogen and oxygen atoms in total. The molecule has 14 heteroatoms. The molecule has 2 fully saturated rings. The van der Waals surface area contributed by atoms with E-state index in [0.717, 1.165) is 12.1 Å². The number of ether oxygens (including phenoxy) is 3. The average Bonchev–Trinajstić information content (AvgIpc) is 2.93. The van der Waals surface area contributed by atoms with Gasteiger partial charge in [-0.25, -0.2) is 0 Å². The molecule has 10 atom stereocenters. The molecule has 0 bridgehead atoms. The van der Waals surface area contributed by atoms with Gasteiger partial charge in [-0.15, -0.1) is 0 Å². The molecular formula is C27H29O14-. The molecule has 3 heterocycles. The fourth-order valence-corrected chi connectivity index (χ4v) is 5.10. The third kappa shape index (κ3) is 5.14. The fourth-order valence-electron chi connectivity index (χ4n) is 5.10. The van der Waals surface area contributed by atoms with Crippen LogP contribution >= 0.6 is 0 Å². The predicted molar refractivity (Wildman–Crippen MR) is 135 cm³/mol. The Bertz CT molecular complexity index is 1460. The van der Waals surface area contributed by atoms with Crippen LogP contribution in [0.25, 0.3) is 22.3 Å². The summed E-state index contributed by atoms with van der Waals surface area (Å²) in [6.45, 7) is 0.583. The Labute approximate surface area is 231 Å². The maximum absolute atomic E-state index is 13.3. The van der Waals surface area contributed by atoms with E-state index in [1.54, 1.807) is 0 Å². The van der Waals surface area contributed by atoms with Gasteiger partial charge in [0.2, 0.25) is 0 Å². The number of rotatable bonds is 5. The molecule has 41 heavy (non-hydrogen) atoms. The Kier molecular flexibility index (Phi) is 7.95. The first-order valence-corrected chi connectivity index (χ1v) is 12.7. The van der Waals surface area contributed by atoms with E-state index in [1.807, 2.05) is 0 Å². The normalized spacial score (nSPS) is 34.1. The number of hydrogen-bond donors (Lipinski definition) is 8. The summed E-state index contributed by atoms with van der Waals surface area (Å²) in [5.41, 5.74) is -1.30. The van der Waals surface area contributed by atoms with Gasteiger partial charge >= 0.3 is 0 Å². The Hall–Kier alpha value is -3.31. The van der Waals surface area contributed by atoms with Crippen LogP contribution in [0, 0.1) is 0 Å². The number of benzene rings is 2. The second kappa shape index (κ2) is 11.2. The summed E-state index contributed by atoms with van der Waals surface area (Å²) >= 11 is 0. The van der Waals surface area contributed by atoms with Gasteiger partial charge in [-0.1, -0.05) is 5.75 Å². The highest BCUT2D eigenvalue weighted by Crippen LogP contribution is 2.44. The summed E-state index contributed by atoms with van der Waals surface area (Å²) in [6, 6.07) is 7.34. The maximum atomic E-state index is 13.3. The minimum absolute atomic E-state index is 0.0571. The van der Waals surface area contributed by atoms with E-state index < -0.39 is 101 Å². The largest absolute Gasteiger partial charge is 0.872 e. The summed E-state index contributed by atoms with van der Waals surface area (Å²) in [7, 11) is 0. The lowest BCUT2D eigenvalue weighted by Crippen LogP contribution is -2.61. The molecular weight excluding hydrogens is 548 g/mol. The van der Waals surface area contributed by atoms with Gasteiger partial charge in [-0.05, 0) is 37.3 Å². The second-order valence-electron chi connectivity index (χ2n) is 10.1. The Morgan fingerprint density at radius 1 is 0.902 bits per heavy atom. The van der Waals surface area contributed by atoms with Gasteiger partial charge in [0.1, 0.15) is 77.1 Å². The van der Waals surface area contributed by atoms with E-state index in [0.29, 0.717) is 5.56 Å². The highest BCUT2D eigenvalue weighted by atomic mass is 16.7. The van der Waals surface area contributed by atoms with E-state index in [4.69, 9.17) is 18.6 Å². The number of phenols is 2. The van der Waals surface area contributed by atoms with Crippen LogP contribution in [0.4, 0.5) is 0 Å². The number of aliphatic hydroxyl groups excluding tert-OH is 6. The molecule has 0 spiro atoms. The van der Waals surface area contributed by atoms with Crippen LogP contribution in [0.3, 0.4) is 0 Å². The zero-order valence-corrected chi connectivity index (χ0v) is 21.5. The first-order valence-electron chi connectivity index (χ1n) is 12.7. The Morgan fingerprint density at radius 2 is 1.59 bits per heavy atom. The average molecular weight is 578 g/mol. The molecule has 0 unspecified atom stereocenters. The zero-order valence-electron chi connectivity index (χ0n) is 21.5. The summed E-state index contributed by atoms with van der Waals surface area (Å²) in [5.74, 6) is -1.74. The summed E-state index contributed by atoms with van der Waals surface area (Å²) in [5, 5.41) is 95.2. The van der Waals surface area contributed by atoms with Crippen molar-refractivity contribution < 1.29 is 64.6 Å². The van der Waals surface area contributed by atoms with Crippen LogP contribution in [0.1, 0.15) is 18.6 Å². The zero-order chi connectivity index (χ0) is 29.7. The van der Waals surface area contributed by atoms with Crippen LogP contribution in [-0.4, -0.2) is 103 Å². The van der Waals surface area contributed by atoms with Crippen LogP contribution in [0.15, 0.2) is 45.6 Å². The number of fused-ring (bicyclic) bond motifs is 1. The van der Waals surface area contributed by atoms with E-state index in [2.05, 4.69) is 0 Å². The minimum Gasteiger partial charge on any atom is -0.872 e. The molecule has 222 valence electrons. The van der Waals surface area contributed by atoms with E-state index in [9.17, 15) is 50.8 Å². The van der Waals surface area contributed by atoms with Gasteiger partial charge in [0, 0.05) is 17.2 Å². The molecule has 8 N–H and O–H groups in total. The maximum Gasteiger partial charge on any atom is 0.197 e. The summed E-state index contributed by atoms with van der Waals surface area (Å²) in [4.78, 5) is 13.1. The molecule has 2 aliphatic heterocycles. The van der Waals surface area contributed by atoms with Crippen molar-refractivity contribution in [3.8, 4) is 28.6 Å². The molecule has 0 amide bonds. The van der Waals surface area contributed by atoms with Gasteiger partial charge in [0.05, 0.1) is 12.7 Å². The fraction of sp³-hybridized carbons (Fsp3) is 0.444. The third-order valence-electron chi connectivity index (χ3n) is 7.38. The molecule has 0 saturated carbocycles. The van der Waals surface area contributed by atoms with Crippen LogP contribution in [0.2, 0.25) is 0 Å². The van der Waals surface area contributed by atoms with E-state index >= 15 is 0 Å². The summed E-state index contributed by atoms with van der Waals surface area (Å²) in [6.07, 6.45) is -16.2. The molecule has 2 aromatic carbocycles. The van der Waals surface area contributed by atoms with Crippen molar-refractivity contribution in [2.75, 3.05) is 6.61 Å². The molecule has 3 aromatic rings. The number of aromatic hydroxyl groups is 2. The Morgan fingerprint density at radius 3 is 2.24 bits per heavy atom. The standard InChI is InChI=1S/C27H30O14/c1-9-19(33)21(35)23(37)27(38-9)41-26-22(36)20(34)16(8-28)40-25(26)18-13(31)6-12(30)17-14(32)7-15(39-24(17)18)10-2-4-11(29)5-3-10/h2-7,9,16,19-23,25-31,33-37H,8H2,1H3/p-1/t9-,16+,19-,20+,21+,22-,23+,25-,26+,27+/m0/s1. The minimum atomic E-state index is -1.88. The van der Waals surface area contributed by atoms with Crippen molar-refractivity contribution >= 4 is 11.0 Å². The lowest BCUT2D eigenvalue weighted by molar-refractivity contribution is -0.339. The van der Waals surface area contributed by atoms with Crippen molar-refractivity contribution in [1.82, 2.24) is 0 Å². The van der Waals surface area contributed by atoms with Gasteiger partial charge in [0.25, 0.3) is 0 Å². The quantitative estimate of drug-likeness (QED) is 0.169. The molecule has 1 aromatic heterocycles. The van der Waals surface area contributed by atoms with Crippen LogP contribution in [-0.2, 0) is 14.2 Å². The first-order chi connectivity index (χ1) is 19.4. The molecule has 0 radical (unpaired) electrons. The second-order valence-corrected chi connectivity index (χ2v) is 10.1. The van der Waals surface area contributed by atoms with Crippen molar-refractivity contribution in [2.24, 2.45) is 0 Å². The lowest BCUT2D eigenvalue weighted by Gasteiger charge is -2.46. The first kappa shape index (κ1) is 29.2. The monoisotopic (exact) mass is 577 g/mol. The lowest BCUT2D eigenvalue weighted by atomic mass is 9.89. The molecule has 5 rings (SSSR count). The van der Waals surface area contributed by atoms with E-state index in [-0.39, 0.29) is 11.5 Å². The predicted octanol–water partition coefficient (Wildman–Crippen LogP) is -1.69. The van der Waals surface area contributed by atoms with Crippen LogP contribution < -0.4 is 10.5 Å². The number of aliphatic hydroxyl groups is 6. The highest BCUT2D eigenvalue weighted by Gasteiger charge is 2.51. The van der Waals surface area contributed by atoms with E-state index in [1.165, 1.54) is 31.2 Å². The Balaban J connectivity index is 1.67. The van der Waals surface area contributed by atoms with Crippen molar-refractivity contribution in [3.63, 3.8) is 0 Å². The van der Waals surface area contributed by atoms with Gasteiger partial charge in [0.15, 0.2) is 11.7 Å². The van der Waals surface area contributed by atoms with Crippen molar-refractivity contribution in [1.29, 1.82) is 0 Å². The molecule has 0 aliphatic carbocycles. The SMILES string of the molecule is C[C@@H]1O[C@H](O[C@@H]2[C@@H](O)[C@H](O)[C@@H](CO)O[C@H]2c2c([O-])cc(O)c3c(=O)cc(-c4ccc(O)cc4)oc23)[C@H](O)[C@H](O)[C@H]1O. The van der Waals surface area contributed by atoms with Crippen LogP contribution in [0.5, 0.6) is 17.2 Å². The van der Waals surface area contributed by atoms with Gasteiger partial charge < -0.3 is 64.6 Å². The summed E-state index contributed by atoms with van der Waals surface area (Å²) < 4.78 is 22.9. The molecule has 2 saturated heterocycles. The van der Waals surface area contributed by atoms with Crippen molar-refractivity contribution in [3.05, 3.63) is 52.2 Å². The number of phenolic OH excluding ortho intramolecular Hbond substituents is 2. The van der Waals surface area contributed by atoms with Gasteiger partial charge in [-0.2, -0.15) is 0 Å². The topological polar surface area (TPSA) is 243 Å². The molecule has 2 aliphatic rings. The highest BCUT2D eigenvalue weighted by molar-refractivity contribution is 5.89. The van der Waals surface area contributed by atoms with Gasteiger partial charge in [-0.3, -0.25) is 4.79 Å². The third-order valence-corrected chi connectivity index (χ3v) is 7.38.